The quantitative estimate of drug-likeness (QED) is 0.172. The molecule has 0 fully saturated rings. The number of nitro groups is 1. The van der Waals surface area contributed by atoms with Crippen molar-refractivity contribution >= 4 is 25.5 Å². The first-order valence-corrected chi connectivity index (χ1v) is 17.9. The maximum atomic E-state index is 14.2. The number of nitrogens with zero attached hydrogens (tertiary/aromatic N) is 4. The maximum Gasteiger partial charge on any atom is 0.330 e. The first-order chi connectivity index (χ1) is 21.6. The Morgan fingerprint density at radius 1 is 1.09 bits per heavy atom. The SMILES string of the molecule is COc1cc(C(=O)N2CCC(c3cn(C)c(=O)n(C)c3=O)=CC2CO[Si](C)(C)C(C)(C)C)c([N+](=O)[O-])cc1OCc1ccccc1. The third kappa shape index (κ3) is 7.15. The monoisotopic (exact) mass is 650 g/mol. The number of ether oxygens (including phenoxy) is 2. The van der Waals surface area contributed by atoms with E-state index in [0.717, 1.165) is 10.1 Å². The molecule has 4 rings (SSSR count). The van der Waals surface area contributed by atoms with Crippen LogP contribution in [0.25, 0.3) is 5.57 Å². The molecule has 12 nitrogen and oxygen atoms in total. The zero-order chi connectivity index (χ0) is 34.0. The summed E-state index contributed by atoms with van der Waals surface area (Å²) in [6.07, 6.45) is 3.60. The van der Waals surface area contributed by atoms with Crippen molar-refractivity contribution in [1.29, 1.82) is 0 Å². The standard InChI is InChI=1S/C33H42N4O8Si/c1-33(2,3)46(7,8)45-21-24-16-23(26-19-34(4)32(40)35(5)30(26)38)14-15-36(24)31(39)25-17-28(43-6)29(18-27(25)37(41)42)44-20-22-12-10-9-11-13-22/h9-13,16-19,24H,14-15,20-21H2,1-8H3. The van der Waals surface area contributed by atoms with Gasteiger partial charge in [-0.05, 0) is 35.7 Å². The lowest BCUT2D eigenvalue weighted by molar-refractivity contribution is -0.385. The fraction of sp³-hybridized carbons (Fsp3) is 0.424. The Balaban J connectivity index is 1.75. The highest BCUT2D eigenvalue weighted by molar-refractivity contribution is 6.74. The Kier molecular flexibility index (Phi) is 10.1. The summed E-state index contributed by atoms with van der Waals surface area (Å²) in [4.78, 5) is 52.9. The number of aromatic nitrogens is 2. The molecule has 0 N–H and O–H groups in total. The second-order valence-electron chi connectivity index (χ2n) is 12.9. The third-order valence-corrected chi connectivity index (χ3v) is 13.3. The van der Waals surface area contributed by atoms with E-state index in [4.69, 9.17) is 13.9 Å². The zero-order valence-corrected chi connectivity index (χ0v) is 28.7. The maximum absolute atomic E-state index is 14.2. The highest BCUT2D eigenvalue weighted by atomic mass is 28.4. The molecule has 3 aromatic rings. The summed E-state index contributed by atoms with van der Waals surface area (Å²) in [7, 11) is 2.12. The van der Waals surface area contributed by atoms with Crippen LogP contribution in [-0.4, -0.2) is 59.5 Å². The summed E-state index contributed by atoms with van der Waals surface area (Å²) in [6, 6.07) is 11.2. The molecular weight excluding hydrogens is 608 g/mol. The van der Waals surface area contributed by atoms with E-state index in [1.54, 1.807) is 13.1 Å². The van der Waals surface area contributed by atoms with Gasteiger partial charge in [-0.3, -0.25) is 24.3 Å². The van der Waals surface area contributed by atoms with E-state index in [1.165, 1.54) is 42.0 Å². The lowest BCUT2D eigenvalue weighted by Gasteiger charge is -2.40. The molecule has 1 aliphatic heterocycles. The van der Waals surface area contributed by atoms with Crippen LogP contribution in [0.1, 0.15) is 48.7 Å². The van der Waals surface area contributed by atoms with Gasteiger partial charge in [-0.25, -0.2) is 4.79 Å². The van der Waals surface area contributed by atoms with Crippen LogP contribution in [0.5, 0.6) is 11.5 Å². The number of nitro benzene ring substituents is 1. The van der Waals surface area contributed by atoms with E-state index in [2.05, 4.69) is 33.9 Å². The number of methoxy groups -OCH3 is 1. The second-order valence-corrected chi connectivity index (χ2v) is 17.7. The third-order valence-electron chi connectivity index (χ3n) is 8.84. The minimum absolute atomic E-state index is 0.113. The number of rotatable bonds is 10. The molecule has 46 heavy (non-hydrogen) atoms. The van der Waals surface area contributed by atoms with E-state index in [9.17, 15) is 24.5 Å². The van der Waals surface area contributed by atoms with Crippen molar-refractivity contribution in [3.63, 3.8) is 0 Å². The van der Waals surface area contributed by atoms with Crippen LogP contribution in [0.3, 0.4) is 0 Å². The van der Waals surface area contributed by atoms with E-state index < -0.39 is 42.1 Å². The van der Waals surface area contributed by atoms with Crippen LogP contribution in [0.15, 0.2) is 64.3 Å². The summed E-state index contributed by atoms with van der Waals surface area (Å²) in [6.45, 7) is 11.0. The molecule has 0 radical (unpaired) electrons. The first-order valence-electron chi connectivity index (χ1n) is 15.0. The van der Waals surface area contributed by atoms with E-state index in [0.29, 0.717) is 17.6 Å². The molecule has 246 valence electrons. The van der Waals surface area contributed by atoms with Gasteiger partial charge in [0.2, 0.25) is 0 Å². The van der Waals surface area contributed by atoms with Crippen molar-refractivity contribution in [1.82, 2.24) is 14.0 Å². The number of carbonyl (C=O) groups excluding carboxylic acids is 1. The van der Waals surface area contributed by atoms with Crippen molar-refractivity contribution in [2.75, 3.05) is 20.3 Å². The fourth-order valence-corrected chi connectivity index (χ4v) is 6.02. The summed E-state index contributed by atoms with van der Waals surface area (Å²) >= 11 is 0. The smallest absolute Gasteiger partial charge is 0.330 e. The number of amides is 1. The molecule has 1 atom stereocenters. The number of hydrogen-bond donors (Lipinski definition) is 0. The van der Waals surface area contributed by atoms with Crippen molar-refractivity contribution < 1.29 is 23.6 Å². The van der Waals surface area contributed by atoms with Crippen molar-refractivity contribution in [2.24, 2.45) is 14.1 Å². The summed E-state index contributed by atoms with van der Waals surface area (Å²) in [5.41, 5.74) is 0.422. The van der Waals surface area contributed by atoms with Crippen LogP contribution in [0.4, 0.5) is 5.69 Å². The minimum atomic E-state index is -2.28. The number of hydrogen-bond acceptors (Lipinski definition) is 8. The van der Waals surface area contributed by atoms with Crippen molar-refractivity contribution in [3.05, 3.63) is 102 Å². The van der Waals surface area contributed by atoms with Gasteiger partial charge in [0.05, 0.1) is 36.3 Å². The molecule has 1 amide bonds. The van der Waals surface area contributed by atoms with Crippen molar-refractivity contribution in [3.8, 4) is 11.5 Å². The molecule has 0 saturated heterocycles. The molecular formula is C33H42N4O8Si. The lowest BCUT2D eigenvalue weighted by atomic mass is 9.96. The van der Waals surface area contributed by atoms with E-state index in [1.807, 2.05) is 30.3 Å². The average Bonchev–Trinajstić information content (AvgIpc) is 3.02. The van der Waals surface area contributed by atoms with Crippen LogP contribution in [-0.2, 0) is 25.1 Å². The fourth-order valence-electron chi connectivity index (χ4n) is 5.00. The Morgan fingerprint density at radius 3 is 2.37 bits per heavy atom. The molecule has 2 aromatic carbocycles. The van der Waals surface area contributed by atoms with Gasteiger partial charge in [0.25, 0.3) is 17.2 Å². The molecule has 0 spiro atoms. The van der Waals surface area contributed by atoms with Gasteiger partial charge in [-0.2, -0.15) is 0 Å². The molecule has 1 aromatic heterocycles. The van der Waals surface area contributed by atoms with Gasteiger partial charge in [0.1, 0.15) is 12.2 Å². The largest absolute Gasteiger partial charge is 0.493 e. The number of carbonyl (C=O) groups is 1. The Labute approximate surface area is 269 Å². The Hall–Kier alpha value is -4.49. The summed E-state index contributed by atoms with van der Waals surface area (Å²) in [5.74, 6) is -0.258. The zero-order valence-electron chi connectivity index (χ0n) is 27.7. The van der Waals surface area contributed by atoms with Crippen LogP contribution in [0, 0.1) is 10.1 Å². The van der Waals surface area contributed by atoms with Gasteiger partial charge in [-0.1, -0.05) is 57.2 Å². The Morgan fingerprint density at radius 2 is 1.76 bits per heavy atom. The molecule has 1 unspecified atom stereocenters. The first kappa shape index (κ1) is 34.4. The minimum Gasteiger partial charge on any atom is -0.493 e. The summed E-state index contributed by atoms with van der Waals surface area (Å²) < 4.78 is 20.3. The molecule has 2 heterocycles. The van der Waals surface area contributed by atoms with Crippen LogP contribution < -0.4 is 20.7 Å². The van der Waals surface area contributed by atoms with Crippen LogP contribution >= 0.6 is 0 Å². The Bertz CT molecular complexity index is 1770. The van der Waals surface area contributed by atoms with Crippen LogP contribution in [0.2, 0.25) is 18.1 Å². The average molecular weight is 651 g/mol. The highest BCUT2D eigenvalue weighted by Gasteiger charge is 2.40. The highest BCUT2D eigenvalue weighted by Crippen LogP contribution is 2.39. The molecule has 13 heteroatoms. The molecule has 1 aliphatic rings. The van der Waals surface area contributed by atoms with E-state index in [-0.39, 0.29) is 41.9 Å². The predicted molar refractivity (Wildman–Crippen MR) is 178 cm³/mol. The molecule has 0 saturated carbocycles. The van der Waals surface area contributed by atoms with Crippen molar-refractivity contribution in [2.45, 2.75) is 58.0 Å². The summed E-state index contributed by atoms with van der Waals surface area (Å²) in [5, 5.41) is 12.2. The lowest BCUT2D eigenvalue weighted by Crippen LogP contribution is -2.49. The van der Waals surface area contributed by atoms with Gasteiger partial charge in [0.15, 0.2) is 19.8 Å². The topological polar surface area (TPSA) is 135 Å². The molecule has 0 bridgehead atoms. The second kappa shape index (κ2) is 13.5. The van der Waals surface area contributed by atoms with Gasteiger partial charge in [-0.15, -0.1) is 0 Å². The van der Waals surface area contributed by atoms with E-state index >= 15 is 0 Å². The van der Waals surface area contributed by atoms with Gasteiger partial charge in [0, 0.05) is 32.9 Å². The number of benzene rings is 2. The van der Waals surface area contributed by atoms with Gasteiger partial charge < -0.3 is 23.4 Å². The number of aryl methyl sites for hydroxylation is 1. The predicted octanol–water partition coefficient (Wildman–Crippen LogP) is 4.90. The normalized spacial score (nSPS) is 15.3. The molecule has 0 aliphatic carbocycles. The van der Waals surface area contributed by atoms with Gasteiger partial charge >= 0.3 is 5.69 Å².